The molecule has 9 heteroatoms. The molecule has 0 aromatic heterocycles. The number of sulfonamides is 1. The molecule has 1 aliphatic heterocycles. The fourth-order valence-corrected chi connectivity index (χ4v) is 5.81. The standard InChI is InChI=1S/C26H28BrN3O4S/c1-20-6-12-25(13-7-20)35(32,33)30(23-5-3-4-21(27)18-23)19-26(31)29-16-14-28(15-17-29)22-8-10-24(34-2)11-9-22/h3-13,18H,14-17,19H2,1-2H3. The average Bonchev–Trinajstić information content (AvgIpc) is 2.87. The van der Waals surface area contributed by atoms with Gasteiger partial charge in [0.1, 0.15) is 12.3 Å². The van der Waals surface area contributed by atoms with E-state index in [1.165, 1.54) is 4.31 Å². The zero-order chi connectivity index (χ0) is 25.0. The van der Waals surface area contributed by atoms with Crippen molar-refractivity contribution >= 4 is 43.2 Å². The Morgan fingerprint density at radius 2 is 1.63 bits per heavy atom. The molecule has 3 aromatic rings. The number of piperazine rings is 1. The highest BCUT2D eigenvalue weighted by molar-refractivity contribution is 9.10. The van der Waals surface area contributed by atoms with Crippen LogP contribution in [-0.4, -0.2) is 59.1 Å². The Bertz CT molecular complexity index is 1270. The van der Waals surface area contributed by atoms with E-state index in [1.54, 1.807) is 54.5 Å². The molecule has 0 N–H and O–H groups in total. The van der Waals surface area contributed by atoms with E-state index in [2.05, 4.69) is 20.8 Å². The Kier molecular flexibility index (Phi) is 7.66. The lowest BCUT2D eigenvalue weighted by atomic mass is 10.2. The van der Waals surface area contributed by atoms with Crippen molar-refractivity contribution in [1.29, 1.82) is 0 Å². The maximum absolute atomic E-state index is 13.6. The fourth-order valence-electron chi connectivity index (χ4n) is 4.01. The molecule has 7 nitrogen and oxygen atoms in total. The van der Waals surface area contributed by atoms with Gasteiger partial charge in [0.2, 0.25) is 5.91 Å². The minimum atomic E-state index is -3.94. The number of carbonyl (C=O) groups is 1. The van der Waals surface area contributed by atoms with E-state index in [0.29, 0.717) is 31.9 Å². The van der Waals surface area contributed by atoms with Crippen LogP contribution in [0.5, 0.6) is 5.75 Å². The van der Waals surface area contributed by atoms with E-state index >= 15 is 0 Å². The number of nitrogens with zero attached hydrogens (tertiary/aromatic N) is 3. The van der Waals surface area contributed by atoms with Gasteiger partial charge in [-0.15, -0.1) is 0 Å². The third-order valence-corrected chi connectivity index (χ3v) is 8.34. The smallest absolute Gasteiger partial charge is 0.264 e. The monoisotopic (exact) mass is 557 g/mol. The molecular weight excluding hydrogens is 530 g/mol. The summed E-state index contributed by atoms with van der Waals surface area (Å²) < 4.78 is 34.3. The Balaban J connectivity index is 1.51. The first-order valence-corrected chi connectivity index (χ1v) is 13.5. The summed E-state index contributed by atoms with van der Waals surface area (Å²) in [6.45, 7) is 4.00. The summed E-state index contributed by atoms with van der Waals surface area (Å²) in [7, 11) is -2.30. The number of methoxy groups -OCH3 is 1. The van der Waals surface area contributed by atoms with Gasteiger partial charge in [-0.1, -0.05) is 39.7 Å². The van der Waals surface area contributed by atoms with Crippen LogP contribution in [0.4, 0.5) is 11.4 Å². The number of benzene rings is 3. The molecule has 1 heterocycles. The van der Waals surface area contributed by atoms with Crippen molar-refractivity contribution in [2.75, 3.05) is 49.0 Å². The van der Waals surface area contributed by atoms with Crippen molar-refractivity contribution < 1.29 is 17.9 Å². The molecule has 184 valence electrons. The molecule has 0 bridgehead atoms. The number of hydrogen-bond acceptors (Lipinski definition) is 5. The summed E-state index contributed by atoms with van der Waals surface area (Å²) in [5.74, 6) is 0.569. The fraction of sp³-hybridized carbons (Fsp3) is 0.269. The molecule has 1 saturated heterocycles. The second-order valence-corrected chi connectivity index (χ2v) is 11.1. The SMILES string of the molecule is COc1ccc(N2CCN(C(=O)CN(c3cccc(Br)c3)S(=O)(=O)c3ccc(C)cc3)CC2)cc1. The Hall–Kier alpha value is -3.04. The molecule has 1 amide bonds. The quantitative estimate of drug-likeness (QED) is 0.433. The van der Waals surface area contributed by atoms with Crippen molar-refractivity contribution in [2.45, 2.75) is 11.8 Å². The van der Waals surface area contributed by atoms with Crippen LogP contribution in [-0.2, 0) is 14.8 Å². The van der Waals surface area contributed by atoms with Gasteiger partial charge in [0.25, 0.3) is 10.0 Å². The maximum atomic E-state index is 13.6. The van der Waals surface area contributed by atoms with Crippen molar-refractivity contribution in [2.24, 2.45) is 0 Å². The third-order valence-electron chi connectivity index (χ3n) is 6.05. The lowest BCUT2D eigenvalue weighted by molar-refractivity contribution is -0.129. The van der Waals surface area contributed by atoms with Gasteiger partial charge >= 0.3 is 0 Å². The Labute approximate surface area is 215 Å². The van der Waals surface area contributed by atoms with E-state index in [9.17, 15) is 13.2 Å². The predicted molar refractivity (Wildman–Crippen MR) is 142 cm³/mol. The Morgan fingerprint density at radius 3 is 2.23 bits per heavy atom. The van der Waals surface area contributed by atoms with E-state index < -0.39 is 10.0 Å². The lowest BCUT2D eigenvalue weighted by Crippen LogP contribution is -2.52. The molecule has 0 spiro atoms. The normalized spacial score (nSPS) is 14.0. The van der Waals surface area contributed by atoms with Crippen LogP contribution in [0.3, 0.4) is 0 Å². The first-order chi connectivity index (χ1) is 16.8. The van der Waals surface area contributed by atoms with Gasteiger partial charge in [-0.25, -0.2) is 8.42 Å². The minimum Gasteiger partial charge on any atom is -0.497 e. The second kappa shape index (κ2) is 10.7. The van der Waals surface area contributed by atoms with Crippen molar-refractivity contribution in [3.05, 3.63) is 82.8 Å². The number of rotatable bonds is 7. The minimum absolute atomic E-state index is 0.153. The van der Waals surface area contributed by atoms with Crippen molar-refractivity contribution in [1.82, 2.24) is 4.90 Å². The first-order valence-electron chi connectivity index (χ1n) is 11.3. The molecule has 0 aliphatic carbocycles. The van der Waals surface area contributed by atoms with Crippen LogP contribution < -0.4 is 13.9 Å². The molecule has 1 aliphatic rings. The van der Waals surface area contributed by atoms with Gasteiger partial charge in [-0.05, 0) is 61.5 Å². The molecule has 4 rings (SSSR count). The molecular formula is C26H28BrN3O4S. The van der Waals surface area contributed by atoms with E-state index in [1.807, 2.05) is 37.3 Å². The summed E-state index contributed by atoms with van der Waals surface area (Å²) in [6.07, 6.45) is 0. The summed E-state index contributed by atoms with van der Waals surface area (Å²) in [6, 6.07) is 21.5. The van der Waals surface area contributed by atoms with E-state index in [4.69, 9.17) is 4.74 Å². The van der Waals surface area contributed by atoms with Crippen molar-refractivity contribution in [3.8, 4) is 5.75 Å². The highest BCUT2D eigenvalue weighted by Crippen LogP contribution is 2.27. The van der Waals surface area contributed by atoms with Crippen molar-refractivity contribution in [3.63, 3.8) is 0 Å². The summed E-state index contributed by atoms with van der Waals surface area (Å²) >= 11 is 3.41. The number of amides is 1. The highest BCUT2D eigenvalue weighted by atomic mass is 79.9. The van der Waals surface area contributed by atoms with Crippen LogP contribution >= 0.6 is 15.9 Å². The molecule has 3 aromatic carbocycles. The Morgan fingerprint density at radius 1 is 0.971 bits per heavy atom. The van der Waals surface area contributed by atoms with Gasteiger partial charge in [0.15, 0.2) is 0 Å². The van der Waals surface area contributed by atoms with Crippen LogP contribution in [0.15, 0.2) is 82.2 Å². The first kappa shape index (κ1) is 25.1. The lowest BCUT2D eigenvalue weighted by Gasteiger charge is -2.37. The summed E-state index contributed by atoms with van der Waals surface area (Å²) in [4.78, 5) is 17.4. The van der Waals surface area contributed by atoms with Crippen LogP contribution in [0.25, 0.3) is 0 Å². The van der Waals surface area contributed by atoms with Gasteiger partial charge in [-0.3, -0.25) is 9.10 Å². The topological polar surface area (TPSA) is 70.2 Å². The van der Waals surface area contributed by atoms with Gasteiger partial charge in [0, 0.05) is 36.3 Å². The number of ether oxygens (including phenoxy) is 1. The van der Waals surface area contributed by atoms with Crippen LogP contribution in [0.2, 0.25) is 0 Å². The predicted octanol–water partition coefficient (Wildman–Crippen LogP) is 4.31. The molecule has 0 saturated carbocycles. The number of aryl methyl sites for hydroxylation is 1. The number of halogens is 1. The number of hydrogen-bond donors (Lipinski definition) is 0. The maximum Gasteiger partial charge on any atom is 0.264 e. The molecule has 1 fully saturated rings. The zero-order valence-electron chi connectivity index (χ0n) is 19.7. The third kappa shape index (κ3) is 5.79. The van der Waals surface area contributed by atoms with Gasteiger partial charge in [0.05, 0.1) is 17.7 Å². The number of carbonyl (C=O) groups excluding carboxylic acids is 1. The largest absolute Gasteiger partial charge is 0.497 e. The highest BCUT2D eigenvalue weighted by Gasteiger charge is 2.30. The molecule has 35 heavy (non-hydrogen) atoms. The number of anilines is 2. The molecule has 0 radical (unpaired) electrons. The molecule has 0 unspecified atom stereocenters. The zero-order valence-corrected chi connectivity index (χ0v) is 22.1. The van der Waals surface area contributed by atoms with Gasteiger partial charge < -0.3 is 14.5 Å². The summed E-state index contributed by atoms with van der Waals surface area (Å²) in [5, 5.41) is 0. The van der Waals surface area contributed by atoms with Crippen LogP contribution in [0, 0.1) is 6.92 Å². The second-order valence-electron chi connectivity index (χ2n) is 8.37. The molecule has 0 atom stereocenters. The average molecular weight is 558 g/mol. The van der Waals surface area contributed by atoms with E-state index in [-0.39, 0.29) is 17.3 Å². The summed E-state index contributed by atoms with van der Waals surface area (Å²) in [5.41, 5.74) is 2.46. The van der Waals surface area contributed by atoms with Gasteiger partial charge in [-0.2, -0.15) is 0 Å². The van der Waals surface area contributed by atoms with Crippen LogP contribution in [0.1, 0.15) is 5.56 Å². The van der Waals surface area contributed by atoms with E-state index in [0.717, 1.165) is 21.5 Å².